The fraction of sp³-hybridized carbons (Fsp3) is 0.231. The Morgan fingerprint density at radius 3 is 2.95 bits per heavy atom. The predicted molar refractivity (Wildman–Crippen MR) is 72.6 cm³/mol. The number of fused-ring (bicyclic) bond motifs is 1. The van der Waals surface area contributed by atoms with E-state index in [9.17, 15) is 4.79 Å². The van der Waals surface area contributed by atoms with E-state index >= 15 is 0 Å². The first kappa shape index (κ1) is 13.6. The third kappa shape index (κ3) is 2.77. The van der Waals surface area contributed by atoms with E-state index in [-0.39, 0.29) is 6.42 Å². The van der Waals surface area contributed by atoms with Crippen molar-refractivity contribution in [2.75, 3.05) is 7.11 Å². The molecule has 1 heterocycles. The summed E-state index contributed by atoms with van der Waals surface area (Å²) in [6, 6.07) is 4.23. The monoisotopic (exact) mass is 280 g/mol. The lowest BCUT2D eigenvalue weighted by Gasteiger charge is -2.11. The Morgan fingerprint density at radius 1 is 1.58 bits per heavy atom. The Kier molecular flexibility index (Phi) is 3.87. The molecule has 1 atom stereocenters. The van der Waals surface area contributed by atoms with Gasteiger partial charge in [-0.3, -0.25) is 9.78 Å². The molecule has 0 spiro atoms. The van der Waals surface area contributed by atoms with Crippen molar-refractivity contribution in [3.8, 4) is 5.75 Å². The second-order valence-electron chi connectivity index (χ2n) is 4.12. The number of carbonyl (C=O) groups is 1. The van der Waals surface area contributed by atoms with Gasteiger partial charge in [0.25, 0.3) is 0 Å². The van der Waals surface area contributed by atoms with Gasteiger partial charge in [-0.15, -0.1) is 0 Å². The van der Waals surface area contributed by atoms with Gasteiger partial charge in [-0.1, -0.05) is 11.6 Å². The van der Waals surface area contributed by atoms with Crippen LogP contribution in [0.15, 0.2) is 24.4 Å². The van der Waals surface area contributed by atoms with Crippen molar-refractivity contribution in [2.24, 2.45) is 5.73 Å². The van der Waals surface area contributed by atoms with Crippen molar-refractivity contribution in [3.63, 3.8) is 0 Å². The normalized spacial score (nSPS) is 12.4. The van der Waals surface area contributed by atoms with Gasteiger partial charge in [0.2, 0.25) is 0 Å². The molecule has 1 aromatic heterocycles. The SMILES string of the molecule is COc1cc2c(CC(N)C(=O)O)ccnc2cc1Cl. The Morgan fingerprint density at radius 2 is 2.32 bits per heavy atom. The lowest BCUT2D eigenvalue weighted by molar-refractivity contribution is -0.138. The molecular formula is C13H13ClN2O3. The minimum Gasteiger partial charge on any atom is -0.495 e. The summed E-state index contributed by atoms with van der Waals surface area (Å²) in [6.07, 6.45) is 1.83. The average molecular weight is 281 g/mol. The standard InChI is InChI=1S/C13H13ClN2O3/c1-19-12-5-8-7(4-10(15)13(17)18)2-3-16-11(8)6-9(12)14/h2-3,5-6,10H,4,15H2,1H3,(H,17,18). The molecule has 1 unspecified atom stereocenters. The van der Waals surface area contributed by atoms with Crippen LogP contribution in [-0.4, -0.2) is 29.2 Å². The van der Waals surface area contributed by atoms with Gasteiger partial charge in [-0.2, -0.15) is 0 Å². The highest BCUT2D eigenvalue weighted by Crippen LogP contribution is 2.30. The van der Waals surface area contributed by atoms with E-state index in [0.29, 0.717) is 16.3 Å². The van der Waals surface area contributed by atoms with Gasteiger partial charge in [-0.25, -0.2) is 0 Å². The number of rotatable bonds is 4. The second-order valence-corrected chi connectivity index (χ2v) is 4.53. The number of pyridine rings is 1. The van der Waals surface area contributed by atoms with Crippen LogP contribution in [0.5, 0.6) is 5.75 Å². The highest BCUT2D eigenvalue weighted by molar-refractivity contribution is 6.32. The van der Waals surface area contributed by atoms with Crippen LogP contribution < -0.4 is 10.5 Å². The maximum atomic E-state index is 10.8. The first-order valence-electron chi connectivity index (χ1n) is 5.62. The van der Waals surface area contributed by atoms with Crippen LogP contribution in [0, 0.1) is 0 Å². The molecule has 0 amide bonds. The molecule has 5 nitrogen and oxygen atoms in total. The molecule has 0 aliphatic heterocycles. The van der Waals surface area contributed by atoms with E-state index in [2.05, 4.69) is 4.98 Å². The average Bonchev–Trinajstić information content (AvgIpc) is 2.38. The highest BCUT2D eigenvalue weighted by atomic mass is 35.5. The van der Waals surface area contributed by atoms with Crippen molar-refractivity contribution in [3.05, 3.63) is 35.0 Å². The summed E-state index contributed by atoms with van der Waals surface area (Å²) in [4.78, 5) is 15.0. The van der Waals surface area contributed by atoms with Crippen LogP contribution in [0.3, 0.4) is 0 Å². The minimum atomic E-state index is -1.04. The van der Waals surface area contributed by atoms with E-state index in [1.807, 2.05) is 0 Å². The topological polar surface area (TPSA) is 85.4 Å². The summed E-state index contributed by atoms with van der Waals surface area (Å²) in [7, 11) is 1.52. The summed E-state index contributed by atoms with van der Waals surface area (Å²) >= 11 is 6.03. The summed E-state index contributed by atoms with van der Waals surface area (Å²) in [5, 5.41) is 10.1. The van der Waals surface area contributed by atoms with Crippen LogP contribution in [0.2, 0.25) is 5.02 Å². The molecule has 3 N–H and O–H groups in total. The molecule has 0 saturated heterocycles. The van der Waals surface area contributed by atoms with Crippen LogP contribution in [0.4, 0.5) is 0 Å². The third-order valence-electron chi connectivity index (χ3n) is 2.86. The summed E-state index contributed by atoms with van der Waals surface area (Å²) in [5.41, 5.74) is 7.04. The molecule has 0 bridgehead atoms. The van der Waals surface area contributed by atoms with Crippen molar-refractivity contribution < 1.29 is 14.6 Å². The van der Waals surface area contributed by atoms with E-state index in [0.717, 1.165) is 10.9 Å². The zero-order chi connectivity index (χ0) is 14.0. The molecule has 0 fully saturated rings. The van der Waals surface area contributed by atoms with Crippen molar-refractivity contribution in [2.45, 2.75) is 12.5 Å². The first-order valence-corrected chi connectivity index (χ1v) is 6.00. The summed E-state index contributed by atoms with van der Waals surface area (Å²) in [5.74, 6) is -0.516. The van der Waals surface area contributed by atoms with Gasteiger partial charge < -0.3 is 15.6 Å². The molecule has 0 saturated carbocycles. The molecule has 100 valence electrons. The number of carboxylic acids is 1. The fourth-order valence-corrected chi connectivity index (χ4v) is 2.10. The molecule has 2 aromatic rings. The number of benzene rings is 1. The number of aliphatic carboxylic acids is 1. The zero-order valence-electron chi connectivity index (χ0n) is 10.3. The molecular weight excluding hydrogens is 268 g/mol. The van der Waals surface area contributed by atoms with Gasteiger partial charge >= 0.3 is 5.97 Å². The summed E-state index contributed by atoms with van der Waals surface area (Å²) in [6.45, 7) is 0. The minimum absolute atomic E-state index is 0.221. The van der Waals surface area contributed by atoms with Gasteiger partial charge in [0.1, 0.15) is 11.8 Å². The highest BCUT2D eigenvalue weighted by Gasteiger charge is 2.15. The van der Waals surface area contributed by atoms with Crippen LogP contribution in [0.1, 0.15) is 5.56 Å². The smallest absolute Gasteiger partial charge is 0.320 e. The number of ether oxygens (including phenoxy) is 1. The Labute approximate surface area is 115 Å². The van der Waals surface area contributed by atoms with Gasteiger partial charge in [0, 0.05) is 11.6 Å². The number of aromatic nitrogens is 1. The van der Waals surface area contributed by atoms with E-state index in [1.54, 1.807) is 24.4 Å². The lowest BCUT2D eigenvalue weighted by atomic mass is 10.0. The van der Waals surface area contributed by atoms with E-state index in [4.69, 9.17) is 27.2 Å². The molecule has 19 heavy (non-hydrogen) atoms. The van der Waals surface area contributed by atoms with E-state index in [1.165, 1.54) is 7.11 Å². The molecule has 0 aliphatic carbocycles. The lowest BCUT2D eigenvalue weighted by Crippen LogP contribution is -2.32. The second kappa shape index (κ2) is 5.42. The third-order valence-corrected chi connectivity index (χ3v) is 3.16. The molecule has 6 heteroatoms. The number of hydrogen-bond donors (Lipinski definition) is 2. The Balaban J connectivity index is 2.52. The number of nitrogens with two attached hydrogens (primary N) is 1. The molecule has 0 radical (unpaired) electrons. The van der Waals surface area contributed by atoms with Crippen molar-refractivity contribution in [1.29, 1.82) is 0 Å². The maximum absolute atomic E-state index is 10.8. The van der Waals surface area contributed by atoms with Gasteiger partial charge in [-0.05, 0) is 30.2 Å². The quantitative estimate of drug-likeness (QED) is 0.893. The van der Waals surface area contributed by atoms with Crippen LogP contribution in [0.25, 0.3) is 10.9 Å². The van der Waals surface area contributed by atoms with Gasteiger partial charge in [0.15, 0.2) is 0 Å². The number of nitrogens with zero attached hydrogens (tertiary/aromatic N) is 1. The Bertz CT molecular complexity index is 631. The van der Waals surface area contributed by atoms with Crippen LogP contribution in [-0.2, 0) is 11.2 Å². The summed E-state index contributed by atoms with van der Waals surface area (Å²) < 4.78 is 5.15. The predicted octanol–water partition coefficient (Wildman–Crippen LogP) is 1.85. The van der Waals surface area contributed by atoms with Crippen molar-refractivity contribution in [1.82, 2.24) is 4.98 Å². The molecule has 0 aliphatic rings. The molecule has 1 aromatic carbocycles. The van der Waals surface area contributed by atoms with Crippen molar-refractivity contribution >= 4 is 28.5 Å². The Hall–Kier alpha value is -1.85. The first-order chi connectivity index (χ1) is 9.02. The maximum Gasteiger partial charge on any atom is 0.320 e. The number of hydrogen-bond acceptors (Lipinski definition) is 4. The number of halogens is 1. The largest absolute Gasteiger partial charge is 0.495 e. The van der Waals surface area contributed by atoms with E-state index < -0.39 is 12.0 Å². The van der Waals surface area contributed by atoms with Gasteiger partial charge in [0.05, 0.1) is 17.6 Å². The number of methoxy groups -OCH3 is 1. The zero-order valence-corrected chi connectivity index (χ0v) is 11.0. The fourth-order valence-electron chi connectivity index (χ4n) is 1.86. The number of carboxylic acid groups (broad SMARTS) is 1. The van der Waals surface area contributed by atoms with Crippen LogP contribution >= 0.6 is 11.6 Å². The molecule has 2 rings (SSSR count).